The van der Waals surface area contributed by atoms with E-state index < -0.39 is 10.0 Å². The Balaban J connectivity index is 0.000000160. The third-order valence-corrected chi connectivity index (χ3v) is 12.8. The predicted octanol–water partition coefficient (Wildman–Crippen LogP) is 6.93. The van der Waals surface area contributed by atoms with Crippen LogP contribution in [0.1, 0.15) is 42.2 Å². The van der Waals surface area contributed by atoms with Gasteiger partial charge in [-0.2, -0.15) is 0 Å². The van der Waals surface area contributed by atoms with Gasteiger partial charge in [0.25, 0.3) is 17.7 Å². The Hall–Kier alpha value is -7.82. The zero-order valence-electron chi connectivity index (χ0n) is 34.7. The number of benzene rings is 4. The molecule has 4 N–H and O–H groups in total. The fraction of sp³-hybridized carbons (Fsp3) is 0.128. The van der Waals surface area contributed by atoms with Gasteiger partial charge in [0, 0.05) is 94.1 Å². The van der Waals surface area contributed by atoms with Crippen LogP contribution < -0.4 is 21.3 Å². The van der Waals surface area contributed by atoms with Crippen LogP contribution in [0.2, 0.25) is 0 Å². The Morgan fingerprint density at radius 3 is 1.52 bits per heavy atom. The Bertz CT molecular complexity index is 3210. The normalized spacial score (nSPS) is 13.0. The van der Waals surface area contributed by atoms with Crippen LogP contribution in [0.3, 0.4) is 0 Å². The smallest absolute Gasteiger partial charge is 0.253 e. The van der Waals surface area contributed by atoms with Crippen LogP contribution in [0, 0.1) is 0 Å². The van der Waals surface area contributed by atoms with Crippen LogP contribution in [-0.2, 0) is 23.1 Å². The lowest BCUT2D eigenvalue weighted by Crippen LogP contribution is -2.22. The number of aromatic nitrogens is 4. The van der Waals surface area contributed by atoms with E-state index in [0.717, 1.165) is 73.2 Å². The predicted molar refractivity (Wildman–Crippen MR) is 242 cm³/mol. The van der Waals surface area contributed by atoms with Gasteiger partial charge < -0.3 is 26.2 Å². The topological polar surface area (TPSA) is 175 Å². The highest BCUT2D eigenvalue weighted by Crippen LogP contribution is 2.32. The Kier molecular flexibility index (Phi) is 10.5. The number of nitrogens with one attached hydrogen (secondary N) is 4. The van der Waals surface area contributed by atoms with Crippen LogP contribution in [0.4, 0.5) is 22.7 Å². The monoisotopic (exact) mass is 858 g/mol. The minimum atomic E-state index is -3.47. The van der Waals surface area contributed by atoms with Crippen molar-refractivity contribution in [1.82, 2.24) is 38.6 Å². The Labute approximate surface area is 363 Å². The van der Waals surface area contributed by atoms with Crippen LogP contribution in [0.25, 0.3) is 33.8 Å². The van der Waals surface area contributed by atoms with Gasteiger partial charge in [-0.05, 0) is 119 Å². The van der Waals surface area contributed by atoms with Crippen LogP contribution in [-0.4, -0.2) is 82.3 Å². The molecule has 0 radical (unpaired) electrons. The number of nitrogens with zero attached hydrogens (tertiary/aromatic N) is 6. The van der Waals surface area contributed by atoms with E-state index in [0.29, 0.717) is 24.2 Å². The second kappa shape index (κ2) is 16.2. The summed E-state index contributed by atoms with van der Waals surface area (Å²) in [6.45, 7) is 1.09. The van der Waals surface area contributed by atoms with Crippen molar-refractivity contribution in [1.29, 1.82) is 0 Å². The quantitative estimate of drug-likeness (QED) is 0.120. The van der Waals surface area contributed by atoms with Crippen molar-refractivity contribution >= 4 is 61.8 Å². The van der Waals surface area contributed by atoms with E-state index in [9.17, 15) is 22.8 Å². The number of amides is 3. The third kappa shape index (κ3) is 7.73. The number of imidazole rings is 2. The SMILES string of the molecule is CN(C)C(=O)c1ccc(Nc2ccc(-c3ccc4c(c3)CNC4=O)n3ccnc23)cc1.CN(C)S(=O)(=O)c1ccc(Nc2ccc(-c3ccc4c(c3)CNC4=O)n3ccnc23)cc1. The number of fused-ring (bicyclic) bond motifs is 4. The molecule has 0 saturated carbocycles. The molecule has 0 atom stereocenters. The summed E-state index contributed by atoms with van der Waals surface area (Å²) in [6.07, 6.45) is 7.31. The van der Waals surface area contributed by atoms with Crippen LogP contribution >= 0.6 is 0 Å². The molecule has 0 bridgehead atoms. The zero-order chi connectivity index (χ0) is 44.0. The summed E-state index contributed by atoms with van der Waals surface area (Å²) < 4.78 is 29.7. The van der Waals surface area contributed by atoms with Gasteiger partial charge in [0.2, 0.25) is 10.0 Å². The van der Waals surface area contributed by atoms with E-state index in [1.54, 1.807) is 55.7 Å². The zero-order valence-corrected chi connectivity index (χ0v) is 35.6. The fourth-order valence-electron chi connectivity index (χ4n) is 7.66. The lowest BCUT2D eigenvalue weighted by atomic mass is 10.0. The van der Waals surface area contributed by atoms with Crippen molar-refractivity contribution in [3.05, 3.63) is 162 Å². The standard InChI is InChI=1S/C24H21N5O2.C23H21N5O3S/c1-28(2)24(31)15-3-6-18(7-4-15)27-20-9-10-21(29-12-11-25-22(20)29)16-5-8-19-17(13-16)14-26-23(19)30;1-27(2)32(30,31)18-6-4-17(5-7-18)26-20-9-10-21(28-12-11-24-22(20)28)15-3-8-19-16(13-15)14-25-23(19)29/h3-13,27H,14H2,1-2H3,(H,26,30);3-13,26H,14H2,1-2H3,(H,25,29). The molecule has 15 nitrogen and oxygen atoms in total. The molecule has 3 amide bonds. The van der Waals surface area contributed by atoms with E-state index in [2.05, 4.69) is 37.3 Å². The van der Waals surface area contributed by atoms with Gasteiger partial charge in [-0.1, -0.05) is 12.1 Å². The molecular weight excluding hydrogens is 817 g/mol. The summed E-state index contributed by atoms with van der Waals surface area (Å²) in [5.74, 6) is -0.0896. The van der Waals surface area contributed by atoms with Gasteiger partial charge in [0.1, 0.15) is 0 Å². The number of anilines is 4. The van der Waals surface area contributed by atoms with Gasteiger partial charge in [0.15, 0.2) is 11.3 Å². The van der Waals surface area contributed by atoms with Gasteiger partial charge in [-0.15, -0.1) is 0 Å². The minimum absolute atomic E-state index is 0.0211. The van der Waals surface area contributed by atoms with Crippen molar-refractivity contribution in [2.24, 2.45) is 0 Å². The molecule has 4 aromatic carbocycles. The van der Waals surface area contributed by atoms with Gasteiger partial charge in [-0.3, -0.25) is 23.2 Å². The summed E-state index contributed by atoms with van der Waals surface area (Å²) in [7, 11) is 3.02. The fourth-order valence-corrected chi connectivity index (χ4v) is 8.57. The molecular formula is C47H42N10O5S. The van der Waals surface area contributed by atoms with E-state index >= 15 is 0 Å². The lowest BCUT2D eigenvalue weighted by Gasteiger charge is -2.14. The maximum Gasteiger partial charge on any atom is 0.253 e. The second-order valence-electron chi connectivity index (χ2n) is 15.5. The van der Waals surface area contributed by atoms with Crippen molar-refractivity contribution in [2.45, 2.75) is 18.0 Å². The summed E-state index contributed by atoms with van der Waals surface area (Å²) >= 11 is 0. The molecule has 0 unspecified atom stereocenters. The van der Waals surface area contributed by atoms with E-state index in [1.165, 1.54) is 18.4 Å². The van der Waals surface area contributed by atoms with Crippen LogP contribution in [0.15, 0.2) is 139 Å². The molecule has 316 valence electrons. The number of rotatable bonds is 9. The first-order valence-corrected chi connectivity index (χ1v) is 21.4. The van der Waals surface area contributed by atoms with Gasteiger partial charge >= 0.3 is 0 Å². The molecule has 0 aliphatic carbocycles. The van der Waals surface area contributed by atoms with E-state index in [4.69, 9.17) is 0 Å². The minimum Gasteiger partial charge on any atom is -0.352 e. The Morgan fingerprint density at radius 1 is 0.619 bits per heavy atom. The average Bonchev–Trinajstić information content (AvgIpc) is 4.12. The number of hydrogen-bond donors (Lipinski definition) is 4. The number of sulfonamides is 1. The molecule has 6 heterocycles. The third-order valence-electron chi connectivity index (χ3n) is 11.0. The number of carbonyl (C=O) groups is 3. The average molecular weight is 859 g/mol. The molecule has 16 heteroatoms. The van der Waals surface area contributed by atoms with Crippen LogP contribution in [0.5, 0.6) is 0 Å². The van der Waals surface area contributed by atoms with Gasteiger partial charge in [0.05, 0.1) is 27.7 Å². The highest BCUT2D eigenvalue weighted by atomic mass is 32.2. The molecule has 10 rings (SSSR count). The summed E-state index contributed by atoms with van der Waals surface area (Å²) in [5, 5.41) is 12.4. The Morgan fingerprint density at radius 2 is 1.08 bits per heavy atom. The van der Waals surface area contributed by atoms with Crippen molar-refractivity contribution < 1.29 is 22.8 Å². The summed E-state index contributed by atoms with van der Waals surface area (Å²) in [5.41, 5.74) is 12.9. The van der Waals surface area contributed by atoms with Gasteiger partial charge in [-0.25, -0.2) is 22.7 Å². The maximum atomic E-state index is 12.3. The number of carbonyl (C=O) groups excluding carboxylic acids is 3. The first-order valence-electron chi connectivity index (χ1n) is 20.0. The van der Waals surface area contributed by atoms with E-state index in [-0.39, 0.29) is 22.6 Å². The molecule has 63 heavy (non-hydrogen) atoms. The molecule has 0 fully saturated rings. The summed E-state index contributed by atoms with van der Waals surface area (Å²) in [6, 6.07) is 33.7. The van der Waals surface area contributed by atoms with Crippen molar-refractivity contribution in [2.75, 3.05) is 38.8 Å². The highest BCUT2D eigenvalue weighted by Gasteiger charge is 2.22. The maximum absolute atomic E-state index is 12.3. The van der Waals surface area contributed by atoms with Crippen molar-refractivity contribution in [3.63, 3.8) is 0 Å². The van der Waals surface area contributed by atoms with E-state index in [1.807, 2.05) is 100 Å². The molecule has 8 aromatic rings. The highest BCUT2D eigenvalue weighted by molar-refractivity contribution is 7.89. The first kappa shape index (κ1) is 40.6. The lowest BCUT2D eigenvalue weighted by molar-refractivity contribution is 0.0827. The second-order valence-corrected chi connectivity index (χ2v) is 17.6. The molecule has 0 spiro atoms. The molecule has 2 aliphatic rings. The largest absolute Gasteiger partial charge is 0.352 e. The summed E-state index contributed by atoms with van der Waals surface area (Å²) in [4.78, 5) is 46.6. The molecule has 2 aliphatic heterocycles. The van der Waals surface area contributed by atoms with Crippen molar-refractivity contribution in [3.8, 4) is 22.5 Å². The molecule has 4 aromatic heterocycles. The number of pyridine rings is 2. The molecule has 0 saturated heterocycles. The first-order chi connectivity index (χ1) is 30.3. The number of hydrogen-bond acceptors (Lipinski definition) is 9.